The maximum Gasteiger partial charge on any atom is 0.137 e. The molecular formula is C22H21ClN4O. The lowest BCUT2D eigenvalue weighted by Gasteiger charge is -2.09. The van der Waals surface area contributed by atoms with Gasteiger partial charge in [-0.3, -0.25) is 0 Å². The Labute approximate surface area is 168 Å². The highest BCUT2D eigenvalue weighted by atomic mass is 35.5. The molecule has 3 aromatic heterocycles. The zero-order valence-corrected chi connectivity index (χ0v) is 16.4. The van der Waals surface area contributed by atoms with Gasteiger partial charge in [-0.1, -0.05) is 29.8 Å². The number of aryl methyl sites for hydroxylation is 2. The van der Waals surface area contributed by atoms with E-state index >= 15 is 0 Å². The van der Waals surface area contributed by atoms with Gasteiger partial charge in [0.1, 0.15) is 17.2 Å². The van der Waals surface area contributed by atoms with Crippen LogP contribution in [0, 0.1) is 0 Å². The average Bonchev–Trinajstić information content (AvgIpc) is 3.10. The molecule has 0 amide bonds. The Morgan fingerprint density at radius 2 is 1.82 bits per heavy atom. The monoisotopic (exact) mass is 392 g/mol. The van der Waals surface area contributed by atoms with Gasteiger partial charge in [0.15, 0.2) is 0 Å². The average molecular weight is 393 g/mol. The minimum absolute atomic E-state index is 0.632. The number of ether oxygens (including phenoxy) is 1. The number of nitrogens with zero attached hydrogens (tertiary/aromatic N) is 3. The topological polar surface area (TPSA) is 63.7 Å². The summed E-state index contributed by atoms with van der Waals surface area (Å²) >= 11 is 6.08. The highest BCUT2D eigenvalue weighted by molar-refractivity contribution is 6.31. The van der Waals surface area contributed by atoms with Gasteiger partial charge in [0.25, 0.3) is 0 Å². The predicted octanol–water partition coefficient (Wildman–Crippen LogP) is 4.78. The van der Waals surface area contributed by atoms with Crippen LogP contribution in [-0.2, 0) is 19.3 Å². The van der Waals surface area contributed by atoms with Crippen molar-refractivity contribution in [1.29, 1.82) is 0 Å². The first-order valence-corrected chi connectivity index (χ1v) is 9.72. The van der Waals surface area contributed by atoms with Crippen molar-refractivity contribution in [2.45, 2.75) is 26.2 Å². The number of aromatic nitrogens is 4. The fraction of sp³-hybridized carbons (Fsp3) is 0.227. The SMILES string of the molecule is CCOc1ccccc1CCc1ncc(Cc2c[nH]c3ncc(Cl)cc23)cn1. The highest BCUT2D eigenvalue weighted by Crippen LogP contribution is 2.23. The Bertz CT molecular complexity index is 1080. The number of hydrogen-bond donors (Lipinski definition) is 1. The third-order valence-corrected chi connectivity index (χ3v) is 4.83. The van der Waals surface area contributed by atoms with Gasteiger partial charge < -0.3 is 9.72 Å². The fourth-order valence-corrected chi connectivity index (χ4v) is 3.41. The molecule has 1 N–H and O–H groups in total. The van der Waals surface area contributed by atoms with Gasteiger partial charge in [0, 0.05) is 43.0 Å². The maximum atomic E-state index is 6.08. The quantitative estimate of drug-likeness (QED) is 0.491. The van der Waals surface area contributed by atoms with Crippen molar-refractivity contribution >= 4 is 22.6 Å². The fourth-order valence-electron chi connectivity index (χ4n) is 3.25. The minimum atomic E-state index is 0.632. The first-order chi connectivity index (χ1) is 13.7. The van der Waals surface area contributed by atoms with Crippen molar-refractivity contribution in [2.75, 3.05) is 6.61 Å². The lowest BCUT2D eigenvalue weighted by atomic mass is 10.1. The first kappa shape index (κ1) is 18.4. The van der Waals surface area contributed by atoms with Crippen molar-refractivity contribution in [2.24, 2.45) is 0 Å². The summed E-state index contributed by atoms with van der Waals surface area (Å²) in [5.41, 5.74) is 4.21. The summed E-state index contributed by atoms with van der Waals surface area (Å²) in [4.78, 5) is 16.6. The second-order valence-corrected chi connectivity index (χ2v) is 7.03. The standard InChI is InChI=1S/C22H21ClN4O/c1-2-28-20-6-4-3-5-16(20)7-8-21-24-11-15(12-25-21)9-17-13-26-22-19(17)10-18(23)14-27-22/h3-6,10-14H,2,7-9H2,1H3,(H,26,27). The van der Waals surface area contributed by atoms with Gasteiger partial charge in [0.05, 0.1) is 11.6 Å². The molecule has 3 heterocycles. The summed E-state index contributed by atoms with van der Waals surface area (Å²) in [5.74, 6) is 1.77. The predicted molar refractivity (Wildman–Crippen MR) is 111 cm³/mol. The van der Waals surface area contributed by atoms with Crippen molar-refractivity contribution < 1.29 is 4.74 Å². The zero-order valence-electron chi connectivity index (χ0n) is 15.7. The molecule has 0 saturated carbocycles. The first-order valence-electron chi connectivity index (χ1n) is 9.35. The van der Waals surface area contributed by atoms with E-state index in [2.05, 4.69) is 26.0 Å². The molecule has 0 saturated heterocycles. The molecular weight excluding hydrogens is 372 g/mol. The minimum Gasteiger partial charge on any atom is -0.494 e. The number of pyridine rings is 1. The van der Waals surface area contributed by atoms with Gasteiger partial charge in [-0.25, -0.2) is 15.0 Å². The molecule has 4 rings (SSSR count). The summed E-state index contributed by atoms with van der Waals surface area (Å²) in [5, 5.41) is 1.66. The number of H-pyrrole nitrogens is 1. The van der Waals surface area contributed by atoms with Crippen molar-refractivity contribution in [3.05, 3.63) is 82.7 Å². The number of para-hydroxylation sites is 1. The van der Waals surface area contributed by atoms with Crippen LogP contribution in [0.2, 0.25) is 5.02 Å². The molecule has 0 spiro atoms. The van der Waals surface area contributed by atoms with Crippen LogP contribution in [-0.4, -0.2) is 26.5 Å². The molecule has 6 heteroatoms. The Hall–Kier alpha value is -2.92. The second kappa shape index (κ2) is 8.40. The normalized spacial score (nSPS) is 11.1. The molecule has 0 aliphatic heterocycles. The summed E-state index contributed by atoms with van der Waals surface area (Å²) in [7, 11) is 0. The van der Waals surface area contributed by atoms with Crippen LogP contribution < -0.4 is 4.74 Å². The van der Waals surface area contributed by atoms with Crippen molar-refractivity contribution in [3.8, 4) is 5.75 Å². The number of hydrogen-bond acceptors (Lipinski definition) is 4. The number of nitrogens with one attached hydrogen (secondary N) is 1. The lowest BCUT2D eigenvalue weighted by Crippen LogP contribution is -2.02. The zero-order chi connectivity index (χ0) is 19.3. The summed E-state index contributed by atoms with van der Waals surface area (Å²) in [6.07, 6.45) is 9.76. The number of aromatic amines is 1. The van der Waals surface area contributed by atoms with Crippen LogP contribution >= 0.6 is 11.6 Å². The molecule has 0 aliphatic carbocycles. The van der Waals surface area contributed by atoms with E-state index in [1.165, 1.54) is 5.56 Å². The molecule has 0 atom stereocenters. The van der Waals surface area contributed by atoms with Crippen LogP contribution in [0.15, 0.2) is 55.1 Å². The Kier molecular flexibility index (Phi) is 5.53. The number of rotatable bonds is 7. The lowest BCUT2D eigenvalue weighted by molar-refractivity contribution is 0.336. The number of halogens is 1. The molecule has 0 aliphatic rings. The van der Waals surface area contributed by atoms with Crippen LogP contribution in [0.3, 0.4) is 0 Å². The van der Waals surface area contributed by atoms with Gasteiger partial charge in [-0.15, -0.1) is 0 Å². The molecule has 1 aromatic carbocycles. The number of benzene rings is 1. The second-order valence-electron chi connectivity index (χ2n) is 6.59. The van der Waals surface area contributed by atoms with Crippen LogP contribution in [0.25, 0.3) is 11.0 Å². The molecule has 0 bridgehead atoms. The molecule has 4 aromatic rings. The molecule has 5 nitrogen and oxygen atoms in total. The van der Waals surface area contributed by atoms with Crippen LogP contribution in [0.1, 0.15) is 29.4 Å². The molecule has 0 fully saturated rings. The largest absolute Gasteiger partial charge is 0.494 e. The Balaban J connectivity index is 1.43. The van der Waals surface area contributed by atoms with E-state index in [0.717, 1.165) is 53.0 Å². The van der Waals surface area contributed by atoms with Crippen LogP contribution in [0.5, 0.6) is 5.75 Å². The van der Waals surface area contributed by atoms with Gasteiger partial charge in [-0.2, -0.15) is 0 Å². The maximum absolute atomic E-state index is 6.08. The summed E-state index contributed by atoms with van der Waals surface area (Å²) < 4.78 is 5.69. The van der Waals surface area contributed by atoms with Gasteiger partial charge in [0.2, 0.25) is 0 Å². The van der Waals surface area contributed by atoms with Gasteiger partial charge in [-0.05, 0) is 42.2 Å². The molecule has 0 unspecified atom stereocenters. The van der Waals surface area contributed by atoms with E-state index in [9.17, 15) is 0 Å². The Morgan fingerprint density at radius 1 is 1.00 bits per heavy atom. The van der Waals surface area contributed by atoms with Crippen LogP contribution in [0.4, 0.5) is 0 Å². The number of fused-ring (bicyclic) bond motifs is 1. The third kappa shape index (κ3) is 4.15. The van der Waals surface area contributed by atoms with E-state index in [0.29, 0.717) is 11.6 Å². The Morgan fingerprint density at radius 3 is 2.64 bits per heavy atom. The molecule has 0 radical (unpaired) electrons. The van der Waals surface area contributed by atoms with Gasteiger partial charge >= 0.3 is 0 Å². The van der Waals surface area contributed by atoms with E-state index in [-0.39, 0.29) is 0 Å². The highest BCUT2D eigenvalue weighted by Gasteiger charge is 2.08. The van der Waals surface area contributed by atoms with E-state index in [1.807, 2.05) is 49.8 Å². The summed E-state index contributed by atoms with van der Waals surface area (Å²) in [6.45, 7) is 2.66. The van der Waals surface area contributed by atoms with E-state index in [1.54, 1.807) is 6.20 Å². The molecule has 142 valence electrons. The van der Waals surface area contributed by atoms with E-state index < -0.39 is 0 Å². The third-order valence-electron chi connectivity index (χ3n) is 4.63. The summed E-state index contributed by atoms with van der Waals surface area (Å²) in [6, 6.07) is 10.1. The molecule has 28 heavy (non-hydrogen) atoms. The smallest absolute Gasteiger partial charge is 0.137 e. The van der Waals surface area contributed by atoms with E-state index in [4.69, 9.17) is 16.3 Å². The van der Waals surface area contributed by atoms with Crippen molar-refractivity contribution in [1.82, 2.24) is 19.9 Å². The van der Waals surface area contributed by atoms with Crippen molar-refractivity contribution in [3.63, 3.8) is 0 Å².